The van der Waals surface area contributed by atoms with E-state index < -0.39 is 5.97 Å². The summed E-state index contributed by atoms with van der Waals surface area (Å²) in [5, 5.41) is 17.5. The number of nitrogens with zero attached hydrogens (tertiary/aromatic N) is 4. The lowest BCUT2D eigenvalue weighted by atomic mass is 10.2. The zero-order chi connectivity index (χ0) is 17.4. The fourth-order valence-electron chi connectivity index (χ4n) is 2.63. The molecule has 8 heteroatoms. The first-order valence-electron chi connectivity index (χ1n) is 7.43. The number of rotatable bonds is 4. The van der Waals surface area contributed by atoms with Gasteiger partial charge in [0.15, 0.2) is 5.65 Å². The minimum atomic E-state index is -1.09. The Bertz CT molecular complexity index is 1110. The van der Waals surface area contributed by atoms with Crippen LogP contribution in [0.1, 0.15) is 10.4 Å². The summed E-state index contributed by atoms with van der Waals surface area (Å²) in [7, 11) is 1.59. The Labute approximate surface area is 141 Å². The van der Waals surface area contributed by atoms with Crippen molar-refractivity contribution in [2.45, 2.75) is 0 Å². The highest BCUT2D eigenvalue weighted by Gasteiger charge is 2.17. The van der Waals surface area contributed by atoms with Crippen LogP contribution in [0.4, 0.5) is 11.5 Å². The van der Waals surface area contributed by atoms with Crippen molar-refractivity contribution in [1.82, 2.24) is 19.6 Å². The molecule has 0 aliphatic rings. The average Bonchev–Trinajstić information content (AvgIpc) is 3.06. The minimum Gasteiger partial charge on any atom is -0.497 e. The topological polar surface area (TPSA) is 102 Å². The molecule has 0 atom stereocenters. The van der Waals surface area contributed by atoms with E-state index in [1.54, 1.807) is 25.6 Å². The lowest BCUT2D eigenvalue weighted by Gasteiger charge is -2.11. The number of carboxylic acids is 1. The zero-order valence-corrected chi connectivity index (χ0v) is 13.2. The van der Waals surface area contributed by atoms with Gasteiger partial charge in [-0.1, -0.05) is 6.07 Å². The van der Waals surface area contributed by atoms with Crippen molar-refractivity contribution in [3.05, 3.63) is 54.5 Å². The van der Waals surface area contributed by atoms with Crippen LogP contribution in [0.2, 0.25) is 0 Å². The van der Waals surface area contributed by atoms with Crippen LogP contribution in [0.5, 0.6) is 5.75 Å². The van der Waals surface area contributed by atoms with Crippen LogP contribution in [0.15, 0.2) is 48.9 Å². The number of hydrogen-bond acceptors (Lipinski definition) is 6. The van der Waals surface area contributed by atoms with E-state index >= 15 is 0 Å². The van der Waals surface area contributed by atoms with E-state index in [1.165, 1.54) is 10.7 Å². The number of nitrogens with one attached hydrogen (secondary N) is 1. The normalized spacial score (nSPS) is 10.9. The Morgan fingerprint density at radius 2 is 2.16 bits per heavy atom. The molecule has 124 valence electrons. The van der Waals surface area contributed by atoms with E-state index in [-0.39, 0.29) is 11.2 Å². The van der Waals surface area contributed by atoms with Gasteiger partial charge in [0, 0.05) is 23.3 Å². The quantitative estimate of drug-likeness (QED) is 0.591. The highest BCUT2D eigenvalue weighted by molar-refractivity contribution is 5.98. The molecule has 0 saturated carbocycles. The van der Waals surface area contributed by atoms with E-state index in [0.717, 1.165) is 11.1 Å². The zero-order valence-electron chi connectivity index (χ0n) is 13.2. The van der Waals surface area contributed by atoms with E-state index in [2.05, 4.69) is 20.4 Å². The minimum absolute atomic E-state index is 0.0273. The number of carboxylic acid groups (broad SMARTS) is 1. The summed E-state index contributed by atoms with van der Waals surface area (Å²) in [6, 6.07) is 9.18. The second-order valence-electron chi connectivity index (χ2n) is 5.31. The van der Waals surface area contributed by atoms with Crippen LogP contribution in [-0.4, -0.2) is 37.8 Å². The van der Waals surface area contributed by atoms with Gasteiger partial charge in [-0.15, -0.1) is 0 Å². The number of methoxy groups -OCH3 is 1. The summed E-state index contributed by atoms with van der Waals surface area (Å²) < 4.78 is 6.70. The van der Waals surface area contributed by atoms with Crippen LogP contribution in [0.3, 0.4) is 0 Å². The highest BCUT2D eigenvalue weighted by atomic mass is 16.5. The largest absolute Gasteiger partial charge is 0.497 e. The van der Waals surface area contributed by atoms with Gasteiger partial charge >= 0.3 is 5.97 Å². The predicted molar refractivity (Wildman–Crippen MR) is 91.5 cm³/mol. The maximum Gasteiger partial charge on any atom is 0.341 e. The maximum absolute atomic E-state index is 11.4. The van der Waals surface area contributed by atoms with E-state index in [0.29, 0.717) is 17.1 Å². The first kappa shape index (κ1) is 14.9. The molecule has 0 radical (unpaired) electrons. The first-order valence-corrected chi connectivity index (χ1v) is 7.43. The molecule has 1 aromatic carbocycles. The number of aromatic nitrogens is 4. The van der Waals surface area contributed by atoms with Gasteiger partial charge < -0.3 is 15.2 Å². The average molecular weight is 335 g/mol. The molecule has 8 nitrogen and oxygen atoms in total. The van der Waals surface area contributed by atoms with E-state index in [9.17, 15) is 9.90 Å². The molecule has 0 aliphatic heterocycles. The van der Waals surface area contributed by atoms with Crippen molar-refractivity contribution in [2.24, 2.45) is 0 Å². The molecule has 0 fully saturated rings. The van der Waals surface area contributed by atoms with Gasteiger partial charge in [-0.2, -0.15) is 5.10 Å². The third kappa shape index (κ3) is 2.49. The molecule has 0 bridgehead atoms. The van der Waals surface area contributed by atoms with E-state index in [1.807, 2.05) is 24.3 Å². The Kier molecular flexibility index (Phi) is 3.42. The van der Waals surface area contributed by atoms with Gasteiger partial charge in [-0.3, -0.25) is 4.98 Å². The lowest BCUT2D eigenvalue weighted by Crippen LogP contribution is -2.03. The number of aromatic carboxylic acids is 1. The third-order valence-electron chi connectivity index (χ3n) is 3.81. The number of ether oxygens (including phenoxy) is 1. The van der Waals surface area contributed by atoms with Crippen molar-refractivity contribution < 1.29 is 14.6 Å². The Morgan fingerprint density at radius 3 is 2.96 bits per heavy atom. The highest BCUT2D eigenvalue weighted by Crippen LogP contribution is 2.27. The molecule has 4 rings (SSSR count). The molecular formula is C17H13N5O3. The smallest absolute Gasteiger partial charge is 0.341 e. The molecular weight excluding hydrogens is 322 g/mol. The summed E-state index contributed by atoms with van der Waals surface area (Å²) in [4.78, 5) is 20.0. The SMILES string of the molecule is COc1cccc(Nc2nc3c(C(=O)O)cnn3c3cnccc23)c1. The van der Waals surface area contributed by atoms with Gasteiger partial charge in [0.05, 0.1) is 25.0 Å². The molecule has 0 unspecified atom stereocenters. The van der Waals surface area contributed by atoms with Crippen molar-refractivity contribution in [3.8, 4) is 5.75 Å². The summed E-state index contributed by atoms with van der Waals surface area (Å²) in [6.07, 6.45) is 4.56. The van der Waals surface area contributed by atoms with Crippen LogP contribution in [-0.2, 0) is 0 Å². The lowest BCUT2D eigenvalue weighted by molar-refractivity contribution is 0.0699. The van der Waals surface area contributed by atoms with Crippen LogP contribution < -0.4 is 10.1 Å². The molecule has 2 N–H and O–H groups in total. The standard InChI is InChI=1S/C17H13N5O3/c1-25-11-4-2-3-10(7-11)20-15-12-5-6-18-9-14(12)22-16(21-15)13(8-19-22)17(23)24/h2-9H,1H3,(H,20,21)(H,23,24). The number of fused-ring (bicyclic) bond motifs is 3. The van der Waals surface area contributed by atoms with Crippen molar-refractivity contribution in [2.75, 3.05) is 12.4 Å². The Balaban J connectivity index is 1.94. The van der Waals surface area contributed by atoms with Crippen LogP contribution in [0.25, 0.3) is 16.6 Å². The molecule has 3 heterocycles. The van der Waals surface area contributed by atoms with Crippen molar-refractivity contribution >= 4 is 34.0 Å². The monoisotopic (exact) mass is 335 g/mol. The number of anilines is 2. The Hall–Kier alpha value is -3.68. The van der Waals surface area contributed by atoms with Crippen molar-refractivity contribution in [3.63, 3.8) is 0 Å². The second kappa shape index (κ2) is 5.75. The first-order chi connectivity index (χ1) is 12.2. The molecule has 25 heavy (non-hydrogen) atoms. The second-order valence-corrected chi connectivity index (χ2v) is 5.31. The van der Waals surface area contributed by atoms with Crippen LogP contribution in [0, 0.1) is 0 Å². The predicted octanol–water partition coefficient (Wildman–Crippen LogP) is 2.73. The van der Waals surface area contributed by atoms with Gasteiger partial charge in [-0.05, 0) is 18.2 Å². The molecule has 0 aliphatic carbocycles. The fourth-order valence-corrected chi connectivity index (χ4v) is 2.63. The van der Waals surface area contributed by atoms with Gasteiger partial charge in [0.25, 0.3) is 0 Å². The van der Waals surface area contributed by atoms with Gasteiger partial charge in [0.2, 0.25) is 0 Å². The van der Waals surface area contributed by atoms with Crippen molar-refractivity contribution in [1.29, 1.82) is 0 Å². The maximum atomic E-state index is 11.4. The number of carbonyl (C=O) groups is 1. The summed E-state index contributed by atoms with van der Waals surface area (Å²) in [5.74, 6) is 0.131. The number of benzene rings is 1. The van der Waals surface area contributed by atoms with E-state index in [4.69, 9.17) is 4.74 Å². The summed E-state index contributed by atoms with van der Waals surface area (Å²) in [6.45, 7) is 0. The van der Waals surface area contributed by atoms with Gasteiger partial charge in [0.1, 0.15) is 17.1 Å². The number of pyridine rings is 1. The Morgan fingerprint density at radius 1 is 1.28 bits per heavy atom. The third-order valence-corrected chi connectivity index (χ3v) is 3.81. The van der Waals surface area contributed by atoms with Crippen LogP contribution >= 0.6 is 0 Å². The molecule has 0 saturated heterocycles. The molecule has 0 spiro atoms. The molecule has 0 amide bonds. The summed E-state index contributed by atoms with van der Waals surface area (Å²) >= 11 is 0. The molecule has 4 aromatic rings. The molecule has 3 aromatic heterocycles. The fraction of sp³-hybridized carbons (Fsp3) is 0.0588. The number of hydrogen-bond donors (Lipinski definition) is 2. The van der Waals surface area contributed by atoms with Gasteiger partial charge in [-0.25, -0.2) is 14.3 Å². The summed E-state index contributed by atoms with van der Waals surface area (Å²) in [5.41, 5.74) is 1.70.